The van der Waals surface area contributed by atoms with Crippen molar-refractivity contribution in [3.05, 3.63) is 34.7 Å². The Bertz CT molecular complexity index is 632. The quantitative estimate of drug-likeness (QED) is 0.916. The molecule has 1 aromatic heterocycles. The minimum Gasteiger partial charge on any atom is -0.326 e. The molecule has 3 rings (SSSR count). The number of nitrogens with one attached hydrogen (secondary N) is 2. The lowest BCUT2D eigenvalue weighted by atomic mass is 9.98. The van der Waals surface area contributed by atoms with Crippen molar-refractivity contribution < 1.29 is 4.79 Å². The molecule has 0 bridgehead atoms. The van der Waals surface area contributed by atoms with Crippen molar-refractivity contribution in [1.29, 1.82) is 0 Å². The van der Waals surface area contributed by atoms with Gasteiger partial charge in [-0.3, -0.25) is 4.79 Å². The van der Waals surface area contributed by atoms with E-state index in [1.54, 1.807) is 11.3 Å². The number of rotatable bonds is 3. The van der Waals surface area contributed by atoms with Crippen LogP contribution in [0.5, 0.6) is 0 Å². The van der Waals surface area contributed by atoms with Crippen LogP contribution in [0.15, 0.2) is 29.6 Å². The summed E-state index contributed by atoms with van der Waals surface area (Å²) in [6.45, 7) is 3.79. The molecule has 1 saturated heterocycles. The molecule has 1 aliphatic heterocycles. The molecule has 21 heavy (non-hydrogen) atoms. The van der Waals surface area contributed by atoms with E-state index in [-0.39, 0.29) is 11.8 Å². The summed E-state index contributed by atoms with van der Waals surface area (Å²) in [7, 11) is 0. The first-order valence-electron chi connectivity index (χ1n) is 7.26. The van der Waals surface area contributed by atoms with Crippen LogP contribution in [0.3, 0.4) is 0 Å². The predicted octanol–water partition coefficient (Wildman–Crippen LogP) is 3.06. The zero-order valence-electron chi connectivity index (χ0n) is 12.1. The number of nitrogens with zero attached hydrogens (tertiary/aromatic N) is 1. The lowest BCUT2D eigenvalue weighted by Crippen LogP contribution is -2.37. The van der Waals surface area contributed by atoms with E-state index in [2.05, 4.69) is 15.6 Å². The van der Waals surface area contributed by atoms with E-state index in [4.69, 9.17) is 0 Å². The average molecular weight is 301 g/mol. The molecule has 2 N–H and O–H groups in total. The SMILES string of the molecule is Cc1nc(-c2cccc(NC(=O)C3CCCNC3)c2)cs1. The van der Waals surface area contributed by atoms with Gasteiger partial charge in [-0.05, 0) is 38.4 Å². The second-order valence-corrected chi connectivity index (χ2v) is 6.43. The maximum atomic E-state index is 12.3. The van der Waals surface area contributed by atoms with Crippen molar-refractivity contribution >= 4 is 22.9 Å². The second-order valence-electron chi connectivity index (χ2n) is 5.37. The van der Waals surface area contributed by atoms with E-state index in [0.29, 0.717) is 0 Å². The number of anilines is 1. The standard InChI is InChI=1S/C16H19N3OS/c1-11-18-15(10-21-11)12-4-2-6-14(8-12)19-16(20)13-5-3-7-17-9-13/h2,4,6,8,10,13,17H,3,5,7,9H2,1H3,(H,19,20). The van der Waals surface area contributed by atoms with E-state index in [1.165, 1.54) is 0 Å². The average Bonchev–Trinajstić information content (AvgIpc) is 2.95. The van der Waals surface area contributed by atoms with Gasteiger partial charge in [-0.25, -0.2) is 4.98 Å². The summed E-state index contributed by atoms with van der Waals surface area (Å²) >= 11 is 1.63. The number of benzene rings is 1. The van der Waals surface area contributed by atoms with Gasteiger partial charge in [0.15, 0.2) is 0 Å². The van der Waals surface area contributed by atoms with Gasteiger partial charge in [-0.1, -0.05) is 12.1 Å². The molecule has 1 aliphatic rings. The Hall–Kier alpha value is -1.72. The van der Waals surface area contributed by atoms with Crippen molar-refractivity contribution in [2.24, 2.45) is 5.92 Å². The Kier molecular flexibility index (Phi) is 4.31. The Morgan fingerprint density at radius 3 is 3.10 bits per heavy atom. The lowest BCUT2D eigenvalue weighted by Gasteiger charge is -2.22. The number of piperidine rings is 1. The van der Waals surface area contributed by atoms with Gasteiger partial charge in [0.25, 0.3) is 0 Å². The van der Waals surface area contributed by atoms with Crippen LogP contribution in [-0.2, 0) is 4.79 Å². The molecule has 0 saturated carbocycles. The third-order valence-corrected chi connectivity index (χ3v) is 4.49. The van der Waals surface area contributed by atoms with Crippen LogP contribution in [0.2, 0.25) is 0 Å². The molecular weight excluding hydrogens is 282 g/mol. The summed E-state index contributed by atoms with van der Waals surface area (Å²) in [5.74, 6) is 0.178. The van der Waals surface area contributed by atoms with Crippen LogP contribution >= 0.6 is 11.3 Å². The fourth-order valence-electron chi connectivity index (χ4n) is 2.57. The number of carbonyl (C=O) groups is 1. The topological polar surface area (TPSA) is 54.0 Å². The maximum Gasteiger partial charge on any atom is 0.228 e. The number of amides is 1. The van der Waals surface area contributed by atoms with E-state index >= 15 is 0 Å². The largest absolute Gasteiger partial charge is 0.326 e. The summed E-state index contributed by atoms with van der Waals surface area (Å²) in [5, 5.41) is 9.39. The Labute approximate surface area is 128 Å². The number of hydrogen-bond acceptors (Lipinski definition) is 4. The van der Waals surface area contributed by atoms with E-state index < -0.39 is 0 Å². The molecule has 110 valence electrons. The van der Waals surface area contributed by atoms with Crippen molar-refractivity contribution in [2.45, 2.75) is 19.8 Å². The van der Waals surface area contributed by atoms with E-state index in [1.807, 2.05) is 36.6 Å². The molecule has 1 fully saturated rings. The van der Waals surface area contributed by atoms with Crippen LogP contribution in [0, 0.1) is 12.8 Å². The third-order valence-electron chi connectivity index (χ3n) is 3.71. The summed E-state index contributed by atoms with van der Waals surface area (Å²) in [6, 6.07) is 7.89. The number of aryl methyl sites for hydroxylation is 1. The highest BCUT2D eigenvalue weighted by molar-refractivity contribution is 7.09. The van der Waals surface area contributed by atoms with Crippen LogP contribution < -0.4 is 10.6 Å². The van der Waals surface area contributed by atoms with Gasteiger partial charge in [0.1, 0.15) is 0 Å². The summed E-state index contributed by atoms with van der Waals surface area (Å²) < 4.78 is 0. The molecule has 2 aromatic rings. The minimum atomic E-state index is 0.0731. The van der Waals surface area contributed by atoms with Gasteiger partial charge in [0, 0.05) is 23.2 Å². The van der Waals surface area contributed by atoms with Crippen molar-refractivity contribution in [1.82, 2.24) is 10.3 Å². The fraction of sp³-hybridized carbons (Fsp3) is 0.375. The number of carbonyl (C=O) groups excluding carboxylic acids is 1. The Morgan fingerprint density at radius 1 is 1.48 bits per heavy atom. The van der Waals surface area contributed by atoms with E-state index in [9.17, 15) is 4.79 Å². The summed E-state index contributed by atoms with van der Waals surface area (Å²) in [5.41, 5.74) is 2.85. The van der Waals surface area contributed by atoms with Gasteiger partial charge in [-0.15, -0.1) is 11.3 Å². The molecule has 1 unspecified atom stereocenters. The molecule has 4 nitrogen and oxygen atoms in total. The Morgan fingerprint density at radius 2 is 2.38 bits per heavy atom. The monoisotopic (exact) mass is 301 g/mol. The first-order chi connectivity index (χ1) is 10.2. The third kappa shape index (κ3) is 3.49. The summed E-state index contributed by atoms with van der Waals surface area (Å²) in [6.07, 6.45) is 2.03. The molecule has 5 heteroatoms. The molecule has 1 aromatic carbocycles. The molecule has 0 aliphatic carbocycles. The minimum absolute atomic E-state index is 0.0731. The van der Waals surface area contributed by atoms with Gasteiger partial charge in [0.2, 0.25) is 5.91 Å². The first-order valence-corrected chi connectivity index (χ1v) is 8.14. The van der Waals surface area contributed by atoms with Gasteiger partial charge in [0.05, 0.1) is 16.6 Å². The number of aromatic nitrogens is 1. The Balaban J connectivity index is 1.72. The predicted molar refractivity (Wildman–Crippen MR) is 86.5 cm³/mol. The van der Waals surface area contributed by atoms with Crippen molar-refractivity contribution in [3.63, 3.8) is 0 Å². The highest BCUT2D eigenvalue weighted by Gasteiger charge is 2.20. The zero-order valence-corrected chi connectivity index (χ0v) is 12.9. The lowest BCUT2D eigenvalue weighted by molar-refractivity contribution is -0.120. The van der Waals surface area contributed by atoms with Crippen LogP contribution in [-0.4, -0.2) is 24.0 Å². The fourth-order valence-corrected chi connectivity index (χ4v) is 3.19. The van der Waals surface area contributed by atoms with E-state index in [0.717, 1.165) is 47.9 Å². The molecular formula is C16H19N3OS. The first kappa shape index (κ1) is 14.2. The zero-order chi connectivity index (χ0) is 14.7. The van der Waals surface area contributed by atoms with Crippen LogP contribution in [0.25, 0.3) is 11.3 Å². The van der Waals surface area contributed by atoms with Crippen LogP contribution in [0.4, 0.5) is 5.69 Å². The maximum absolute atomic E-state index is 12.3. The number of hydrogen-bond donors (Lipinski definition) is 2. The van der Waals surface area contributed by atoms with Crippen LogP contribution in [0.1, 0.15) is 17.8 Å². The highest BCUT2D eigenvalue weighted by atomic mass is 32.1. The smallest absolute Gasteiger partial charge is 0.228 e. The van der Waals surface area contributed by atoms with Gasteiger partial charge < -0.3 is 10.6 Å². The normalized spacial score (nSPS) is 18.4. The van der Waals surface area contributed by atoms with Gasteiger partial charge in [-0.2, -0.15) is 0 Å². The van der Waals surface area contributed by atoms with Crippen molar-refractivity contribution in [3.8, 4) is 11.3 Å². The summed E-state index contributed by atoms with van der Waals surface area (Å²) in [4.78, 5) is 16.7. The molecule has 1 amide bonds. The second kappa shape index (κ2) is 6.37. The molecule has 0 spiro atoms. The molecule has 2 heterocycles. The highest BCUT2D eigenvalue weighted by Crippen LogP contribution is 2.24. The number of thiazole rings is 1. The molecule has 0 radical (unpaired) electrons. The van der Waals surface area contributed by atoms with Gasteiger partial charge >= 0.3 is 0 Å². The van der Waals surface area contributed by atoms with Crippen molar-refractivity contribution in [2.75, 3.05) is 18.4 Å². The molecule has 1 atom stereocenters.